The molecule has 2 aliphatic rings. The summed E-state index contributed by atoms with van der Waals surface area (Å²) in [4.78, 5) is 57.2. The zero-order valence-corrected chi connectivity index (χ0v) is 23.0. The van der Waals surface area contributed by atoms with Crippen molar-refractivity contribution in [1.82, 2.24) is 20.0 Å². The van der Waals surface area contributed by atoms with Crippen LogP contribution in [0.25, 0.3) is 0 Å². The number of hydrogen-bond donors (Lipinski definition) is 1. The molecule has 0 radical (unpaired) electrons. The molecule has 0 aromatic heterocycles. The number of likely N-dealkylation sites (tertiary alicyclic amines) is 1. The molecule has 2 fully saturated rings. The number of urea groups is 1. The number of imide groups is 1. The number of benzene rings is 2. The highest BCUT2D eigenvalue weighted by Crippen LogP contribution is 2.38. The molecule has 0 aliphatic carbocycles. The van der Waals surface area contributed by atoms with E-state index in [0.29, 0.717) is 5.75 Å². The van der Waals surface area contributed by atoms with Crippen LogP contribution in [0.3, 0.4) is 0 Å². The zero-order valence-electron chi connectivity index (χ0n) is 23.0. The Bertz CT molecular complexity index is 1270. The number of piperidine rings is 1. The molecule has 5 amide bonds. The normalized spacial score (nSPS) is 17.7. The number of hydrogen-bond acceptors (Lipinski definition) is 5. The van der Waals surface area contributed by atoms with Gasteiger partial charge in [-0.3, -0.25) is 19.3 Å². The second-order valence-corrected chi connectivity index (χ2v) is 10.6. The van der Waals surface area contributed by atoms with Gasteiger partial charge in [0.15, 0.2) is 0 Å². The van der Waals surface area contributed by atoms with E-state index in [1.807, 2.05) is 26.0 Å². The Kier molecular flexibility index (Phi) is 7.94. The summed E-state index contributed by atoms with van der Waals surface area (Å²) in [6.07, 6.45) is 0.546. The summed E-state index contributed by atoms with van der Waals surface area (Å²) in [5.74, 6) is -1.44. The molecule has 0 saturated carbocycles. The van der Waals surface area contributed by atoms with Gasteiger partial charge in [-0.15, -0.1) is 0 Å². The molecule has 4 rings (SSSR count). The van der Waals surface area contributed by atoms with Gasteiger partial charge in [0, 0.05) is 26.7 Å². The van der Waals surface area contributed by atoms with E-state index in [0.717, 1.165) is 16.0 Å². The molecule has 1 atom stereocenters. The Balaban J connectivity index is 1.49. The van der Waals surface area contributed by atoms with Gasteiger partial charge in [-0.1, -0.05) is 37.6 Å². The van der Waals surface area contributed by atoms with Crippen molar-refractivity contribution in [2.24, 2.45) is 5.92 Å². The number of carbonyl (C=O) groups is 4. The van der Waals surface area contributed by atoms with Gasteiger partial charge in [0.25, 0.3) is 11.8 Å². The molecule has 2 aliphatic heterocycles. The fraction of sp³-hybridized carbons (Fsp3) is 0.448. The molecule has 9 nitrogen and oxygen atoms in total. The van der Waals surface area contributed by atoms with Crippen molar-refractivity contribution in [2.75, 3.05) is 27.2 Å². The van der Waals surface area contributed by atoms with Crippen molar-refractivity contribution in [1.29, 1.82) is 0 Å². The van der Waals surface area contributed by atoms with Gasteiger partial charge in [0.2, 0.25) is 5.91 Å². The standard InChI is InChI=1S/C29H35FN4O5/c1-18(2)24(31-25(35)22-16-19(3)6-11-23(22)30)26(36)33-14-12-29(13-15-33)27(37)32(4)28(38)34(29)17-20-7-9-21(39-5)10-8-20/h6-11,16,18,24H,12-15,17H2,1-5H3,(H,31,35)/t24-/m1/s1. The first-order valence-corrected chi connectivity index (χ1v) is 13.1. The summed E-state index contributed by atoms with van der Waals surface area (Å²) < 4.78 is 19.5. The van der Waals surface area contributed by atoms with Crippen LogP contribution in [-0.4, -0.2) is 77.3 Å². The maximum atomic E-state index is 14.3. The molecule has 2 aromatic carbocycles. The van der Waals surface area contributed by atoms with Crippen LogP contribution in [0.4, 0.5) is 9.18 Å². The van der Waals surface area contributed by atoms with Crippen molar-refractivity contribution >= 4 is 23.8 Å². The first-order valence-electron chi connectivity index (χ1n) is 13.1. The molecule has 39 heavy (non-hydrogen) atoms. The smallest absolute Gasteiger partial charge is 0.327 e. The minimum absolute atomic E-state index is 0.113. The van der Waals surface area contributed by atoms with E-state index in [4.69, 9.17) is 4.74 Å². The van der Waals surface area contributed by atoms with Gasteiger partial charge >= 0.3 is 6.03 Å². The molecule has 2 aromatic rings. The van der Waals surface area contributed by atoms with Crippen LogP contribution >= 0.6 is 0 Å². The van der Waals surface area contributed by atoms with Crippen LogP contribution in [0.15, 0.2) is 42.5 Å². The second kappa shape index (κ2) is 11.0. The number of methoxy groups -OCH3 is 1. The molecular weight excluding hydrogens is 503 g/mol. The van der Waals surface area contributed by atoms with Crippen molar-refractivity contribution in [3.63, 3.8) is 0 Å². The number of rotatable bonds is 7. The van der Waals surface area contributed by atoms with Gasteiger partial charge in [-0.2, -0.15) is 0 Å². The van der Waals surface area contributed by atoms with Crippen LogP contribution in [0.2, 0.25) is 0 Å². The van der Waals surface area contributed by atoms with Crippen LogP contribution in [0.1, 0.15) is 48.2 Å². The SMILES string of the molecule is COc1ccc(CN2C(=O)N(C)C(=O)C23CCN(C(=O)[C@H](NC(=O)c2cc(C)ccc2F)C(C)C)CC3)cc1. The quantitative estimate of drug-likeness (QED) is 0.545. The maximum absolute atomic E-state index is 14.3. The number of aryl methyl sites for hydroxylation is 1. The monoisotopic (exact) mass is 538 g/mol. The third-order valence-electron chi connectivity index (χ3n) is 7.73. The number of likely N-dealkylation sites (N-methyl/N-ethyl adjacent to an activating group) is 1. The summed E-state index contributed by atoms with van der Waals surface area (Å²) in [7, 11) is 3.06. The first kappa shape index (κ1) is 28.1. The average molecular weight is 539 g/mol. The van der Waals surface area contributed by atoms with Crippen LogP contribution < -0.4 is 10.1 Å². The van der Waals surface area contributed by atoms with E-state index in [-0.39, 0.29) is 61.8 Å². The van der Waals surface area contributed by atoms with Gasteiger partial charge in [-0.05, 0) is 55.5 Å². The summed E-state index contributed by atoms with van der Waals surface area (Å²) in [6, 6.07) is 10.3. The predicted octanol–water partition coefficient (Wildman–Crippen LogP) is 3.35. The van der Waals surface area contributed by atoms with E-state index in [9.17, 15) is 23.6 Å². The Labute approximate surface area is 227 Å². The summed E-state index contributed by atoms with van der Waals surface area (Å²) in [5.41, 5.74) is 0.425. The number of ether oxygens (including phenoxy) is 1. The van der Waals surface area contributed by atoms with Gasteiger partial charge < -0.3 is 19.9 Å². The lowest BCUT2D eigenvalue weighted by Gasteiger charge is -2.43. The minimum atomic E-state index is -1.05. The molecule has 2 heterocycles. The van der Waals surface area contributed by atoms with Crippen LogP contribution in [0, 0.1) is 18.7 Å². The number of amides is 5. The molecule has 1 N–H and O–H groups in total. The fourth-order valence-electron chi connectivity index (χ4n) is 5.33. The molecule has 0 unspecified atom stereocenters. The van der Waals surface area contributed by atoms with Gasteiger partial charge in [0.05, 0.1) is 12.7 Å². The molecule has 10 heteroatoms. The summed E-state index contributed by atoms with van der Waals surface area (Å²) in [6.45, 7) is 6.11. The number of nitrogens with one attached hydrogen (secondary N) is 1. The zero-order chi connectivity index (χ0) is 28.5. The van der Waals surface area contributed by atoms with Crippen molar-refractivity contribution in [2.45, 2.75) is 51.7 Å². The molecule has 2 saturated heterocycles. The van der Waals surface area contributed by atoms with E-state index in [2.05, 4.69) is 5.32 Å². The highest BCUT2D eigenvalue weighted by atomic mass is 19.1. The molecule has 1 spiro atoms. The topological polar surface area (TPSA) is 99.3 Å². The molecule has 0 bridgehead atoms. The van der Waals surface area contributed by atoms with Gasteiger partial charge in [0.1, 0.15) is 23.1 Å². The second-order valence-electron chi connectivity index (χ2n) is 10.6. The largest absolute Gasteiger partial charge is 0.497 e. The fourth-order valence-corrected chi connectivity index (χ4v) is 5.33. The highest BCUT2D eigenvalue weighted by molar-refractivity contribution is 6.07. The molecule has 208 valence electrons. The highest BCUT2D eigenvalue weighted by Gasteiger charge is 2.57. The maximum Gasteiger partial charge on any atom is 0.327 e. The van der Waals surface area contributed by atoms with Crippen LogP contribution in [0.5, 0.6) is 5.75 Å². The number of halogens is 1. The number of carbonyl (C=O) groups excluding carboxylic acids is 4. The summed E-state index contributed by atoms with van der Waals surface area (Å²) >= 11 is 0. The third-order valence-corrected chi connectivity index (χ3v) is 7.73. The van der Waals surface area contributed by atoms with Crippen LogP contribution in [-0.2, 0) is 16.1 Å². The van der Waals surface area contributed by atoms with Gasteiger partial charge in [-0.25, -0.2) is 9.18 Å². The van der Waals surface area contributed by atoms with Crippen molar-refractivity contribution in [3.05, 3.63) is 65.0 Å². The van der Waals surface area contributed by atoms with Crippen molar-refractivity contribution in [3.8, 4) is 5.75 Å². The van der Waals surface area contributed by atoms with E-state index >= 15 is 0 Å². The third kappa shape index (κ3) is 5.32. The first-order chi connectivity index (χ1) is 18.5. The van der Waals surface area contributed by atoms with E-state index < -0.39 is 23.3 Å². The lowest BCUT2D eigenvalue weighted by molar-refractivity contribution is -0.142. The average Bonchev–Trinajstić information content (AvgIpc) is 3.09. The Morgan fingerprint density at radius 1 is 1.08 bits per heavy atom. The van der Waals surface area contributed by atoms with E-state index in [1.165, 1.54) is 19.2 Å². The Morgan fingerprint density at radius 2 is 1.72 bits per heavy atom. The summed E-state index contributed by atoms with van der Waals surface area (Å²) in [5, 5.41) is 2.71. The predicted molar refractivity (Wildman–Crippen MR) is 142 cm³/mol. The lowest BCUT2D eigenvalue weighted by atomic mass is 9.85. The Morgan fingerprint density at radius 3 is 2.31 bits per heavy atom. The lowest BCUT2D eigenvalue weighted by Crippen LogP contribution is -2.60. The molecular formula is C29H35FN4O5. The van der Waals surface area contributed by atoms with E-state index in [1.54, 1.807) is 42.0 Å². The van der Waals surface area contributed by atoms with Crippen molar-refractivity contribution < 1.29 is 28.3 Å². The minimum Gasteiger partial charge on any atom is -0.497 e. The number of nitrogens with zero attached hydrogens (tertiary/aromatic N) is 3. The Hall–Kier alpha value is -3.95.